The summed E-state index contributed by atoms with van der Waals surface area (Å²) in [6, 6.07) is 9.69. The summed E-state index contributed by atoms with van der Waals surface area (Å²) >= 11 is 1.42. The predicted molar refractivity (Wildman–Crippen MR) is 128 cm³/mol. The molecule has 0 aliphatic carbocycles. The van der Waals surface area contributed by atoms with Crippen molar-refractivity contribution < 1.29 is 14.3 Å². The highest BCUT2D eigenvalue weighted by Crippen LogP contribution is 2.29. The highest BCUT2D eigenvalue weighted by Gasteiger charge is 2.13. The van der Waals surface area contributed by atoms with Crippen molar-refractivity contribution in [2.24, 2.45) is 0 Å². The second-order valence-corrected chi connectivity index (χ2v) is 8.42. The van der Waals surface area contributed by atoms with Crippen LogP contribution < -0.4 is 9.64 Å². The van der Waals surface area contributed by atoms with Gasteiger partial charge in [0.15, 0.2) is 6.29 Å². The van der Waals surface area contributed by atoms with Crippen molar-refractivity contribution in [3.8, 4) is 5.75 Å². The number of thiophene rings is 1. The minimum Gasteiger partial charge on any atom is -0.422 e. The molecule has 0 aliphatic rings. The van der Waals surface area contributed by atoms with Crippen molar-refractivity contribution in [2.45, 2.75) is 46.5 Å². The molecule has 5 heteroatoms. The van der Waals surface area contributed by atoms with Crippen molar-refractivity contribution in [1.29, 1.82) is 0 Å². The first-order valence-corrected chi connectivity index (χ1v) is 11.3. The zero-order chi connectivity index (χ0) is 21.9. The van der Waals surface area contributed by atoms with Crippen molar-refractivity contribution in [1.82, 2.24) is 0 Å². The summed E-state index contributed by atoms with van der Waals surface area (Å²) in [5.74, 6) is 0.0803. The van der Waals surface area contributed by atoms with Gasteiger partial charge in [0.05, 0.1) is 4.88 Å². The Morgan fingerprint density at radius 2 is 1.73 bits per heavy atom. The molecular formula is C25H31NO3S. The minimum absolute atomic E-state index is 0.359. The number of hydrogen-bond donors (Lipinski definition) is 0. The fourth-order valence-electron chi connectivity index (χ4n) is 2.89. The van der Waals surface area contributed by atoms with E-state index in [0.29, 0.717) is 16.2 Å². The Morgan fingerprint density at radius 1 is 1.07 bits per heavy atom. The molecule has 0 spiro atoms. The van der Waals surface area contributed by atoms with Gasteiger partial charge in [-0.15, -0.1) is 11.3 Å². The highest BCUT2D eigenvalue weighted by molar-refractivity contribution is 7.14. The van der Waals surface area contributed by atoms with Gasteiger partial charge in [0.25, 0.3) is 0 Å². The average Bonchev–Trinajstić information content (AvgIpc) is 3.21. The molecule has 30 heavy (non-hydrogen) atoms. The van der Waals surface area contributed by atoms with Crippen LogP contribution in [0.15, 0.2) is 42.5 Å². The topological polar surface area (TPSA) is 46.6 Å². The van der Waals surface area contributed by atoms with Gasteiger partial charge < -0.3 is 9.64 Å². The lowest BCUT2D eigenvalue weighted by atomic mass is 10.1. The van der Waals surface area contributed by atoms with Crippen LogP contribution in [0.2, 0.25) is 0 Å². The molecule has 0 atom stereocenters. The molecule has 2 rings (SSSR count). The Balaban J connectivity index is 2.36. The minimum atomic E-state index is -0.435. The third-order valence-corrected chi connectivity index (χ3v) is 5.64. The summed E-state index contributed by atoms with van der Waals surface area (Å²) in [4.78, 5) is 27.1. The van der Waals surface area contributed by atoms with Crippen LogP contribution in [0.1, 0.15) is 66.6 Å². The highest BCUT2D eigenvalue weighted by atomic mass is 32.1. The number of rotatable bonds is 12. The molecule has 0 unspecified atom stereocenters. The zero-order valence-corrected chi connectivity index (χ0v) is 19.0. The molecule has 1 heterocycles. The Kier molecular flexibility index (Phi) is 9.55. The van der Waals surface area contributed by atoms with Crippen LogP contribution in [0, 0.1) is 0 Å². The maximum Gasteiger partial charge on any atom is 0.338 e. The average molecular weight is 426 g/mol. The van der Waals surface area contributed by atoms with Gasteiger partial charge in [-0.05, 0) is 56.2 Å². The van der Waals surface area contributed by atoms with Crippen LogP contribution >= 0.6 is 11.3 Å². The zero-order valence-electron chi connectivity index (χ0n) is 18.1. The van der Waals surface area contributed by atoms with Gasteiger partial charge in [-0.25, -0.2) is 4.79 Å². The molecule has 4 nitrogen and oxygen atoms in total. The lowest BCUT2D eigenvalue weighted by molar-refractivity contribution is -0.130. The molecule has 2 aromatic rings. The Morgan fingerprint density at radius 3 is 2.30 bits per heavy atom. The molecular weight excluding hydrogens is 394 g/mol. The summed E-state index contributed by atoms with van der Waals surface area (Å²) in [5.41, 5.74) is 2.22. The molecule has 0 aliphatic heterocycles. The van der Waals surface area contributed by atoms with Crippen LogP contribution in [0.25, 0.3) is 12.2 Å². The van der Waals surface area contributed by atoms with E-state index in [1.165, 1.54) is 11.3 Å². The van der Waals surface area contributed by atoms with E-state index in [0.717, 1.165) is 61.2 Å². The van der Waals surface area contributed by atoms with Crippen molar-refractivity contribution >= 4 is 41.4 Å². The van der Waals surface area contributed by atoms with Crippen molar-refractivity contribution in [2.75, 3.05) is 18.0 Å². The van der Waals surface area contributed by atoms with Gasteiger partial charge in [0.1, 0.15) is 5.75 Å². The van der Waals surface area contributed by atoms with Gasteiger partial charge in [-0.2, -0.15) is 0 Å². The van der Waals surface area contributed by atoms with E-state index in [4.69, 9.17) is 4.74 Å². The number of anilines is 1. The lowest BCUT2D eigenvalue weighted by Crippen LogP contribution is -2.25. The van der Waals surface area contributed by atoms with Crippen LogP contribution in [-0.4, -0.2) is 25.3 Å². The quantitative estimate of drug-likeness (QED) is 0.166. The van der Waals surface area contributed by atoms with E-state index in [1.54, 1.807) is 13.0 Å². The first-order valence-electron chi connectivity index (χ1n) is 10.5. The first-order chi connectivity index (χ1) is 14.5. The molecule has 0 bridgehead atoms. The van der Waals surface area contributed by atoms with E-state index >= 15 is 0 Å². The molecule has 0 N–H and O–H groups in total. The molecule has 1 aromatic heterocycles. The van der Waals surface area contributed by atoms with E-state index in [9.17, 15) is 9.59 Å². The fourth-order valence-corrected chi connectivity index (χ4v) is 3.62. The van der Waals surface area contributed by atoms with Crippen molar-refractivity contribution in [3.63, 3.8) is 0 Å². The number of carbonyl (C=O) groups excluding carboxylic acids is 2. The standard InChI is InChI=1S/C25H31NO3S/c1-5-7-15-26(16-8-6-2)21-11-9-20(24(17-21)29-25(28)19(3)4)10-12-22-13-14-23(18-27)30-22/h9-14,17-18H,3,5-8,15-16H2,1-2,4H3/b12-10+. The third kappa shape index (κ3) is 6.99. The third-order valence-electron chi connectivity index (χ3n) is 4.67. The second-order valence-electron chi connectivity index (χ2n) is 7.28. The number of aldehydes is 1. The molecule has 0 radical (unpaired) electrons. The summed E-state index contributed by atoms with van der Waals surface area (Å²) in [7, 11) is 0. The van der Waals surface area contributed by atoms with Crippen LogP contribution in [0.5, 0.6) is 5.75 Å². The molecule has 0 saturated carbocycles. The SMILES string of the molecule is C=C(C)C(=O)Oc1cc(N(CCCC)CCCC)ccc1/C=C/c1ccc(C=O)s1. The largest absolute Gasteiger partial charge is 0.422 e. The maximum atomic E-state index is 12.2. The molecule has 0 saturated heterocycles. The number of carbonyl (C=O) groups is 2. The van der Waals surface area contributed by atoms with E-state index in [1.807, 2.05) is 30.4 Å². The molecule has 1 aromatic carbocycles. The Hall–Kier alpha value is -2.66. The van der Waals surface area contributed by atoms with Gasteiger partial charge in [-0.1, -0.05) is 33.3 Å². The number of esters is 1. The molecule has 0 amide bonds. The summed E-state index contributed by atoms with van der Waals surface area (Å²) < 4.78 is 5.65. The first kappa shape index (κ1) is 23.6. The van der Waals surface area contributed by atoms with Gasteiger partial charge in [-0.3, -0.25) is 4.79 Å². The van der Waals surface area contributed by atoms with Gasteiger partial charge >= 0.3 is 5.97 Å². The predicted octanol–water partition coefficient (Wildman–Crippen LogP) is 6.62. The summed E-state index contributed by atoms with van der Waals surface area (Å²) in [5, 5.41) is 0. The van der Waals surface area contributed by atoms with Crippen molar-refractivity contribution in [3.05, 3.63) is 57.8 Å². The fraction of sp³-hybridized carbons (Fsp3) is 0.360. The number of unbranched alkanes of at least 4 members (excludes halogenated alkanes) is 2. The smallest absolute Gasteiger partial charge is 0.338 e. The molecule has 0 fully saturated rings. The number of hydrogen-bond acceptors (Lipinski definition) is 5. The van der Waals surface area contributed by atoms with Gasteiger partial charge in [0, 0.05) is 40.9 Å². The summed E-state index contributed by atoms with van der Waals surface area (Å²) in [6.45, 7) is 11.7. The second kappa shape index (κ2) is 12.1. The number of nitrogens with zero attached hydrogens (tertiary/aromatic N) is 1. The maximum absolute atomic E-state index is 12.2. The van der Waals surface area contributed by atoms with E-state index in [2.05, 4.69) is 31.4 Å². The molecule has 160 valence electrons. The Labute approximate surface area is 183 Å². The van der Waals surface area contributed by atoms with Crippen LogP contribution in [0.3, 0.4) is 0 Å². The monoisotopic (exact) mass is 425 g/mol. The Bertz CT molecular complexity index is 890. The van der Waals surface area contributed by atoms with Crippen LogP contribution in [-0.2, 0) is 4.79 Å². The normalized spacial score (nSPS) is 10.9. The van der Waals surface area contributed by atoms with E-state index < -0.39 is 5.97 Å². The van der Waals surface area contributed by atoms with Crippen LogP contribution in [0.4, 0.5) is 5.69 Å². The summed E-state index contributed by atoms with van der Waals surface area (Å²) in [6.07, 6.45) is 9.17. The van der Waals surface area contributed by atoms with Gasteiger partial charge in [0.2, 0.25) is 0 Å². The number of ether oxygens (including phenoxy) is 1. The van der Waals surface area contributed by atoms with E-state index in [-0.39, 0.29) is 0 Å². The lowest BCUT2D eigenvalue weighted by Gasteiger charge is -2.25. The number of benzene rings is 1.